The van der Waals surface area contributed by atoms with Crippen molar-refractivity contribution in [2.75, 3.05) is 0 Å². The highest BCUT2D eigenvalue weighted by atomic mass is 14.8. The molecule has 0 aliphatic heterocycles. The highest BCUT2D eigenvalue weighted by molar-refractivity contribution is 6.14. The first kappa shape index (κ1) is 17.6. The molecule has 0 atom stereocenters. The van der Waals surface area contributed by atoms with Gasteiger partial charge in [0.2, 0.25) is 0 Å². The Bertz CT molecular complexity index is 1520. The van der Waals surface area contributed by atoms with E-state index >= 15 is 0 Å². The molecule has 0 aliphatic rings. The number of fused-ring (bicyclic) bond motifs is 3. The van der Waals surface area contributed by atoms with E-state index in [-0.39, 0.29) is 0 Å². The summed E-state index contributed by atoms with van der Waals surface area (Å²) in [5.74, 6) is 0. The molecule has 0 spiro atoms. The minimum absolute atomic E-state index is 0.952. The topological polar surface area (TPSA) is 41.6 Å². The van der Waals surface area contributed by atoms with Crippen LogP contribution in [0.25, 0.3) is 55.4 Å². The first-order chi connectivity index (χ1) is 15.4. The standard InChI is InChI=1S/C28H19N3/c1-3-9-19(10-4-1)23-17-29-18-24-21-13-7-14-22(27(21)31-28(23)24)26-16-8-15-25(30-26)20-11-5-2-6-12-20/h1-18,31H. The van der Waals surface area contributed by atoms with E-state index in [0.717, 1.165) is 55.4 Å². The molecule has 0 saturated heterocycles. The zero-order valence-corrected chi connectivity index (χ0v) is 16.8. The molecule has 0 aliphatic carbocycles. The number of nitrogens with one attached hydrogen (secondary N) is 1. The summed E-state index contributed by atoms with van der Waals surface area (Å²) in [6.45, 7) is 0. The number of aromatic amines is 1. The smallest absolute Gasteiger partial charge is 0.0730 e. The number of nitrogens with zero attached hydrogens (tertiary/aromatic N) is 2. The molecule has 0 radical (unpaired) electrons. The van der Waals surface area contributed by atoms with Crippen molar-refractivity contribution in [2.24, 2.45) is 0 Å². The third-order valence-corrected chi connectivity index (χ3v) is 5.73. The zero-order valence-electron chi connectivity index (χ0n) is 16.8. The fraction of sp³-hybridized carbons (Fsp3) is 0. The maximum absolute atomic E-state index is 4.98. The van der Waals surface area contributed by atoms with E-state index in [4.69, 9.17) is 4.98 Å². The van der Waals surface area contributed by atoms with Gasteiger partial charge in [-0.2, -0.15) is 0 Å². The Morgan fingerprint density at radius 3 is 1.97 bits per heavy atom. The molecular weight excluding hydrogens is 378 g/mol. The Morgan fingerprint density at radius 2 is 1.16 bits per heavy atom. The SMILES string of the molecule is c1ccc(-c2cccc(-c3cccc4c3[nH]c3c(-c5ccccc5)cncc34)n2)cc1. The molecule has 0 amide bonds. The molecule has 6 rings (SSSR count). The molecular formula is C28H19N3. The second-order valence-corrected chi connectivity index (χ2v) is 7.60. The minimum Gasteiger partial charge on any atom is -0.353 e. The summed E-state index contributed by atoms with van der Waals surface area (Å²) >= 11 is 0. The van der Waals surface area contributed by atoms with Crippen LogP contribution in [0.15, 0.2) is 109 Å². The number of rotatable bonds is 3. The van der Waals surface area contributed by atoms with Crippen LogP contribution in [-0.2, 0) is 0 Å². The van der Waals surface area contributed by atoms with Crippen LogP contribution in [0, 0.1) is 0 Å². The van der Waals surface area contributed by atoms with Crippen molar-refractivity contribution in [3.63, 3.8) is 0 Å². The van der Waals surface area contributed by atoms with Crippen LogP contribution in [-0.4, -0.2) is 15.0 Å². The Labute approximate surface area is 180 Å². The monoisotopic (exact) mass is 397 g/mol. The molecule has 3 heteroatoms. The van der Waals surface area contributed by atoms with E-state index < -0.39 is 0 Å². The van der Waals surface area contributed by atoms with Crippen LogP contribution in [0.2, 0.25) is 0 Å². The van der Waals surface area contributed by atoms with Crippen molar-refractivity contribution in [1.82, 2.24) is 15.0 Å². The molecule has 146 valence electrons. The molecule has 0 fully saturated rings. The number of pyridine rings is 2. The summed E-state index contributed by atoms with van der Waals surface area (Å²) in [5, 5.41) is 2.28. The Hall–Kier alpha value is -4.24. The second kappa shape index (κ2) is 7.22. The lowest BCUT2D eigenvalue weighted by molar-refractivity contribution is 1.32. The van der Waals surface area contributed by atoms with Crippen molar-refractivity contribution < 1.29 is 0 Å². The molecule has 1 N–H and O–H groups in total. The average molecular weight is 397 g/mol. The summed E-state index contributed by atoms with van der Waals surface area (Å²) in [4.78, 5) is 13.2. The Kier molecular flexibility index (Phi) is 4.10. The van der Waals surface area contributed by atoms with E-state index in [1.807, 2.05) is 36.7 Å². The van der Waals surface area contributed by atoms with Crippen molar-refractivity contribution in [1.29, 1.82) is 0 Å². The lowest BCUT2D eigenvalue weighted by atomic mass is 10.0. The molecule has 3 aromatic heterocycles. The summed E-state index contributed by atoms with van der Waals surface area (Å²) in [6.07, 6.45) is 3.87. The fourth-order valence-electron chi connectivity index (χ4n) is 4.24. The van der Waals surface area contributed by atoms with Gasteiger partial charge in [0.05, 0.1) is 22.4 Å². The molecule has 3 heterocycles. The van der Waals surface area contributed by atoms with Crippen LogP contribution in [0.3, 0.4) is 0 Å². The fourth-order valence-corrected chi connectivity index (χ4v) is 4.24. The molecule has 6 aromatic rings. The van der Waals surface area contributed by atoms with Gasteiger partial charge in [0.25, 0.3) is 0 Å². The van der Waals surface area contributed by atoms with E-state index in [0.29, 0.717) is 0 Å². The maximum atomic E-state index is 4.98. The number of hydrogen-bond donors (Lipinski definition) is 1. The molecule has 0 bridgehead atoms. The van der Waals surface area contributed by atoms with Crippen LogP contribution in [0.1, 0.15) is 0 Å². The molecule has 3 nitrogen and oxygen atoms in total. The lowest BCUT2D eigenvalue weighted by Gasteiger charge is -2.06. The van der Waals surface area contributed by atoms with Gasteiger partial charge in [0.1, 0.15) is 0 Å². The predicted molar refractivity (Wildman–Crippen MR) is 128 cm³/mol. The Morgan fingerprint density at radius 1 is 0.484 bits per heavy atom. The van der Waals surface area contributed by atoms with Gasteiger partial charge in [0, 0.05) is 39.9 Å². The van der Waals surface area contributed by atoms with Crippen molar-refractivity contribution in [3.05, 3.63) is 109 Å². The quantitative estimate of drug-likeness (QED) is 0.346. The number of aromatic nitrogens is 3. The summed E-state index contributed by atoms with van der Waals surface area (Å²) < 4.78 is 0. The summed E-state index contributed by atoms with van der Waals surface area (Å²) in [7, 11) is 0. The zero-order chi connectivity index (χ0) is 20.6. The summed E-state index contributed by atoms with van der Waals surface area (Å²) in [6, 6.07) is 33.2. The maximum Gasteiger partial charge on any atom is 0.0730 e. The lowest BCUT2D eigenvalue weighted by Crippen LogP contribution is -1.88. The average Bonchev–Trinajstić information content (AvgIpc) is 3.24. The largest absolute Gasteiger partial charge is 0.353 e. The van der Waals surface area contributed by atoms with Gasteiger partial charge < -0.3 is 4.98 Å². The van der Waals surface area contributed by atoms with Gasteiger partial charge in [-0.1, -0.05) is 84.9 Å². The molecule has 0 unspecified atom stereocenters. The molecule has 0 saturated carbocycles. The van der Waals surface area contributed by atoms with Crippen molar-refractivity contribution in [2.45, 2.75) is 0 Å². The van der Waals surface area contributed by atoms with Crippen LogP contribution < -0.4 is 0 Å². The second-order valence-electron chi connectivity index (χ2n) is 7.60. The number of hydrogen-bond acceptors (Lipinski definition) is 2. The van der Waals surface area contributed by atoms with Gasteiger partial charge in [-0.15, -0.1) is 0 Å². The highest BCUT2D eigenvalue weighted by Gasteiger charge is 2.14. The van der Waals surface area contributed by atoms with Crippen molar-refractivity contribution >= 4 is 21.8 Å². The van der Waals surface area contributed by atoms with Gasteiger partial charge in [-0.3, -0.25) is 4.98 Å². The third kappa shape index (κ3) is 2.99. The van der Waals surface area contributed by atoms with Gasteiger partial charge in [-0.05, 0) is 17.7 Å². The van der Waals surface area contributed by atoms with E-state index in [9.17, 15) is 0 Å². The third-order valence-electron chi connectivity index (χ3n) is 5.73. The molecule has 3 aromatic carbocycles. The number of para-hydroxylation sites is 1. The van der Waals surface area contributed by atoms with E-state index in [1.165, 1.54) is 0 Å². The predicted octanol–water partition coefficient (Wildman–Crippen LogP) is 7.11. The van der Waals surface area contributed by atoms with Gasteiger partial charge in [-0.25, -0.2) is 4.98 Å². The van der Waals surface area contributed by atoms with E-state index in [1.54, 1.807) is 0 Å². The first-order valence-electron chi connectivity index (χ1n) is 10.4. The van der Waals surface area contributed by atoms with E-state index in [2.05, 4.69) is 82.8 Å². The Balaban J connectivity index is 1.58. The highest BCUT2D eigenvalue weighted by Crippen LogP contribution is 2.36. The minimum atomic E-state index is 0.952. The number of benzene rings is 3. The normalized spacial score (nSPS) is 11.2. The molecule has 31 heavy (non-hydrogen) atoms. The van der Waals surface area contributed by atoms with Crippen LogP contribution >= 0.6 is 0 Å². The van der Waals surface area contributed by atoms with Crippen molar-refractivity contribution in [3.8, 4) is 33.6 Å². The van der Waals surface area contributed by atoms with Gasteiger partial charge >= 0.3 is 0 Å². The van der Waals surface area contributed by atoms with Crippen LogP contribution in [0.4, 0.5) is 0 Å². The number of H-pyrrole nitrogens is 1. The van der Waals surface area contributed by atoms with Gasteiger partial charge in [0.15, 0.2) is 0 Å². The van der Waals surface area contributed by atoms with Crippen LogP contribution in [0.5, 0.6) is 0 Å². The summed E-state index contributed by atoms with van der Waals surface area (Å²) in [5.41, 5.74) is 8.56. The first-order valence-corrected chi connectivity index (χ1v) is 10.4.